The molecule has 1 amide bonds. The fourth-order valence-corrected chi connectivity index (χ4v) is 6.26. The quantitative estimate of drug-likeness (QED) is 0.0241. The molecule has 0 aromatic carbocycles. The van der Waals surface area contributed by atoms with Gasteiger partial charge in [-0.15, -0.1) is 0 Å². The molecular weight excluding hydrogens is 737 g/mol. The highest BCUT2D eigenvalue weighted by atomic mass is 31.2. The lowest BCUT2D eigenvalue weighted by Gasteiger charge is -2.15. The molecule has 9 nitrogen and oxygen atoms in total. The number of phosphoric ester groups is 1. The Balaban J connectivity index is 3.65. The number of rotatable bonds is 40. The lowest BCUT2D eigenvalue weighted by molar-refractivity contribution is -0.147. The second kappa shape index (κ2) is 42.8. The third-order valence-corrected chi connectivity index (χ3v) is 9.77. The van der Waals surface area contributed by atoms with Gasteiger partial charge in [0.2, 0.25) is 5.91 Å². The second-order valence-corrected chi connectivity index (χ2v) is 15.7. The molecule has 0 heterocycles. The van der Waals surface area contributed by atoms with E-state index in [0.29, 0.717) is 6.42 Å². The van der Waals surface area contributed by atoms with Crippen LogP contribution in [0.4, 0.5) is 0 Å². The van der Waals surface area contributed by atoms with E-state index in [0.717, 1.165) is 116 Å². The molecule has 2 unspecified atom stereocenters. The summed E-state index contributed by atoms with van der Waals surface area (Å²) in [5.41, 5.74) is 0. The zero-order valence-electron chi connectivity index (χ0n) is 35.8. The molecule has 10 heteroatoms. The maximum atomic E-state index is 12.1. The summed E-state index contributed by atoms with van der Waals surface area (Å²) in [7, 11) is -4.43. The number of hydrogen-bond donors (Lipinski definition) is 3. The van der Waals surface area contributed by atoms with E-state index in [4.69, 9.17) is 13.8 Å². The molecule has 0 saturated carbocycles. The monoisotopic (exact) mass is 818 g/mol. The average molecular weight is 818 g/mol. The van der Waals surface area contributed by atoms with Gasteiger partial charge in [-0.2, -0.15) is 0 Å². The Morgan fingerprint density at radius 1 is 0.561 bits per heavy atom. The number of aliphatic hydroxyl groups excluding tert-OH is 1. The van der Waals surface area contributed by atoms with Gasteiger partial charge in [-0.25, -0.2) is 4.57 Å². The molecule has 0 aliphatic rings. The average Bonchev–Trinajstić information content (AvgIpc) is 3.20. The molecule has 2 atom stereocenters. The van der Waals surface area contributed by atoms with E-state index in [9.17, 15) is 24.2 Å². The number of nitrogens with one attached hydrogen (secondary N) is 1. The van der Waals surface area contributed by atoms with Crippen LogP contribution in [-0.4, -0.2) is 54.3 Å². The van der Waals surface area contributed by atoms with E-state index in [1.54, 1.807) is 0 Å². The van der Waals surface area contributed by atoms with Gasteiger partial charge in [0.1, 0.15) is 12.7 Å². The van der Waals surface area contributed by atoms with Crippen molar-refractivity contribution in [1.82, 2.24) is 5.32 Å². The lowest BCUT2D eigenvalue weighted by Crippen LogP contribution is -2.27. The number of aliphatic hydroxyl groups is 1. The van der Waals surface area contributed by atoms with Gasteiger partial charge in [-0.05, 0) is 83.5 Å². The summed E-state index contributed by atoms with van der Waals surface area (Å²) >= 11 is 0. The topological polar surface area (TPSA) is 131 Å². The van der Waals surface area contributed by atoms with E-state index in [2.05, 4.69) is 104 Å². The Bertz CT molecular complexity index is 1210. The highest BCUT2D eigenvalue weighted by molar-refractivity contribution is 7.47. The van der Waals surface area contributed by atoms with Crippen LogP contribution in [0.1, 0.15) is 168 Å². The maximum Gasteiger partial charge on any atom is 0.472 e. The Morgan fingerprint density at radius 3 is 1.51 bits per heavy atom. The predicted molar refractivity (Wildman–Crippen MR) is 238 cm³/mol. The fraction of sp³-hybridized carbons (Fsp3) is 0.660. The van der Waals surface area contributed by atoms with Gasteiger partial charge < -0.3 is 20.1 Å². The van der Waals surface area contributed by atoms with Gasteiger partial charge in [0.15, 0.2) is 0 Å². The molecule has 0 aliphatic carbocycles. The summed E-state index contributed by atoms with van der Waals surface area (Å²) in [6, 6.07) is 0. The normalized spacial score (nSPS) is 14.1. The van der Waals surface area contributed by atoms with Gasteiger partial charge in [0, 0.05) is 19.4 Å². The molecule has 0 spiro atoms. The van der Waals surface area contributed by atoms with E-state index >= 15 is 0 Å². The van der Waals surface area contributed by atoms with Crippen LogP contribution >= 0.6 is 7.82 Å². The Morgan fingerprint density at radius 2 is 1.00 bits per heavy atom. The van der Waals surface area contributed by atoms with Crippen LogP contribution in [0.3, 0.4) is 0 Å². The van der Waals surface area contributed by atoms with Crippen molar-refractivity contribution in [3.8, 4) is 0 Å². The summed E-state index contributed by atoms with van der Waals surface area (Å²) in [5, 5.41) is 12.7. The molecule has 0 saturated heterocycles. The number of carbonyl (C=O) groups excluding carboxylic acids is 2. The molecule has 326 valence electrons. The van der Waals surface area contributed by atoms with Crippen LogP contribution in [0.2, 0.25) is 0 Å². The van der Waals surface area contributed by atoms with Crippen molar-refractivity contribution in [1.29, 1.82) is 0 Å². The van der Waals surface area contributed by atoms with E-state index in [-0.39, 0.29) is 32.1 Å². The third-order valence-electron chi connectivity index (χ3n) is 8.79. The Hall–Kier alpha value is -2.81. The van der Waals surface area contributed by atoms with Crippen LogP contribution in [-0.2, 0) is 27.9 Å². The van der Waals surface area contributed by atoms with Crippen molar-refractivity contribution < 1.29 is 37.9 Å². The fourth-order valence-electron chi connectivity index (χ4n) is 5.50. The standard InChI is InChI=1S/C47H80NO8P/c1-3-5-7-9-11-13-15-17-18-19-20-21-22-23-24-25-26-28-30-32-34-36-38-40-47(51)54-43-45(49)44-56-57(52,53)55-42-41-48-46(50)39-37-35-33-31-29-27-16-14-12-10-8-6-4-2/h5,7-8,10-11,13-14,16-18,20-21,23-24,45,49H,3-4,6,9,12,15,19,22,25-44H2,1-2H3,(H,48,50)(H,52,53)/b7-5-,10-8-,13-11-,16-14-,18-17-,21-20-,24-23-. The molecule has 0 bridgehead atoms. The van der Waals surface area contributed by atoms with Gasteiger partial charge in [0.25, 0.3) is 0 Å². The van der Waals surface area contributed by atoms with Crippen molar-refractivity contribution in [3.63, 3.8) is 0 Å². The summed E-state index contributed by atoms with van der Waals surface area (Å²) < 4.78 is 26.9. The van der Waals surface area contributed by atoms with Crippen LogP contribution < -0.4 is 5.32 Å². The number of esters is 1. The molecular formula is C47H80NO8P. The van der Waals surface area contributed by atoms with Crippen molar-refractivity contribution in [3.05, 3.63) is 85.1 Å². The summed E-state index contributed by atoms with van der Waals surface area (Å²) in [6.45, 7) is 3.33. The highest BCUT2D eigenvalue weighted by Gasteiger charge is 2.23. The van der Waals surface area contributed by atoms with Crippen LogP contribution in [0, 0.1) is 0 Å². The first-order valence-corrected chi connectivity index (χ1v) is 23.6. The van der Waals surface area contributed by atoms with Crippen molar-refractivity contribution in [2.45, 2.75) is 174 Å². The van der Waals surface area contributed by atoms with Crippen molar-refractivity contribution in [2.24, 2.45) is 0 Å². The number of allylic oxidation sites excluding steroid dienone is 14. The first-order chi connectivity index (χ1) is 27.8. The minimum absolute atomic E-state index is 0.0681. The number of hydrogen-bond acceptors (Lipinski definition) is 7. The lowest BCUT2D eigenvalue weighted by atomic mass is 10.1. The van der Waals surface area contributed by atoms with Gasteiger partial charge >= 0.3 is 13.8 Å². The van der Waals surface area contributed by atoms with Crippen LogP contribution in [0.15, 0.2) is 85.1 Å². The van der Waals surface area contributed by atoms with Crippen molar-refractivity contribution >= 4 is 19.7 Å². The number of ether oxygens (including phenoxy) is 1. The van der Waals surface area contributed by atoms with E-state index < -0.39 is 26.5 Å². The largest absolute Gasteiger partial charge is 0.472 e. The molecule has 0 aromatic heterocycles. The number of unbranched alkanes of at least 4 members (excludes halogenated alkanes) is 13. The van der Waals surface area contributed by atoms with Crippen LogP contribution in [0.25, 0.3) is 0 Å². The SMILES string of the molecule is CC/C=C\C/C=C\C/C=C\C/C=C\C/C=C\CCCCCCCCCC(=O)OCC(O)COP(=O)(O)OCCNC(=O)CCCCCCC/C=C\C/C=C\CCC. The predicted octanol–water partition coefficient (Wildman–Crippen LogP) is 12.4. The molecule has 0 rings (SSSR count). The van der Waals surface area contributed by atoms with Crippen molar-refractivity contribution in [2.75, 3.05) is 26.4 Å². The number of amides is 1. The maximum absolute atomic E-state index is 12.1. The minimum atomic E-state index is -4.43. The van der Waals surface area contributed by atoms with Gasteiger partial charge in [0.05, 0.1) is 13.2 Å². The van der Waals surface area contributed by atoms with Gasteiger partial charge in [-0.3, -0.25) is 18.6 Å². The second-order valence-electron chi connectivity index (χ2n) is 14.3. The molecule has 0 fully saturated rings. The molecule has 3 N–H and O–H groups in total. The first kappa shape index (κ1) is 54.2. The molecule has 0 aromatic rings. The first-order valence-electron chi connectivity index (χ1n) is 22.1. The van der Waals surface area contributed by atoms with E-state index in [1.165, 1.54) is 25.7 Å². The third kappa shape index (κ3) is 44.1. The number of carbonyl (C=O) groups is 2. The highest BCUT2D eigenvalue weighted by Crippen LogP contribution is 2.42. The zero-order chi connectivity index (χ0) is 41.8. The molecule has 57 heavy (non-hydrogen) atoms. The van der Waals surface area contributed by atoms with E-state index in [1.807, 2.05) is 0 Å². The van der Waals surface area contributed by atoms with Gasteiger partial charge in [-0.1, -0.05) is 157 Å². The summed E-state index contributed by atoms with van der Waals surface area (Å²) in [4.78, 5) is 33.9. The Kier molecular flexibility index (Phi) is 40.7. The molecule has 0 aliphatic heterocycles. The summed E-state index contributed by atoms with van der Waals surface area (Å²) in [5.74, 6) is -0.549. The zero-order valence-corrected chi connectivity index (χ0v) is 36.6. The van der Waals surface area contributed by atoms with Crippen LogP contribution in [0.5, 0.6) is 0 Å². The number of phosphoric acid groups is 1. The molecule has 0 radical (unpaired) electrons. The smallest absolute Gasteiger partial charge is 0.463 e. The Labute approximate surface area is 347 Å². The minimum Gasteiger partial charge on any atom is -0.463 e. The summed E-state index contributed by atoms with van der Waals surface area (Å²) in [6.07, 6.45) is 53.7.